The summed E-state index contributed by atoms with van der Waals surface area (Å²) >= 11 is 1.68. The third kappa shape index (κ3) is 6.01. The Morgan fingerprint density at radius 3 is 2.67 bits per heavy atom. The Balaban J connectivity index is 1.15. The minimum absolute atomic E-state index is 0.0839. The molecule has 2 aromatic carbocycles. The van der Waals surface area contributed by atoms with Gasteiger partial charge in [0.25, 0.3) is 5.91 Å². The second-order valence-corrected chi connectivity index (χ2v) is 11.2. The van der Waals surface area contributed by atoms with Gasteiger partial charge in [-0.15, -0.1) is 0 Å². The number of piperidine rings is 1. The molecule has 0 bridgehead atoms. The monoisotopic (exact) mass is 545 g/mol. The molecule has 0 spiro atoms. The Morgan fingerprint density at radius 2 is 1.92 bits per heavy atom. The topological polar surface area (TPSA) is 82.7 Å². The number of fused-ring (bicyclic) bond motifs is 1. The maximum Gasteiger partial charge on any atom is 0.251 e. The lowest BCUT2D eigenvalue weighted by Gasteiger charge is -2.34. The van der Waals surface area contributed by atoms with Gasteiger partial charge in [0.1, 0.15) is 11.9 Å². The molecule has 4 heterocycles. The molecule has 2 aliphatic rings. The van der Waals surface area contributed by atoms with E-state index in [9.17, 15) is 4.79 Å². The number of ether oxygens (including phenoxy) is 2. The lowest BCUT2D eigenvalue weighted by atomic mass is 10.0. The third-order valence-electron chi connectivity index (χ3n) is 7.79. The van der Waals surface area contributed by atoms with Gasteiger partial charge >= 0.3 is 0 Å². The summed E-state index contributed by atoms with van der Waals surface area (Å²) < 4.78 is 11.8. The van der Waals surface area contributed by atoms with Crippen molar-refractivity contribution in [1.82, 2.24) is 25.3 Å². The average Bonchev–Trinajstić information content (AvgIpc) is 3.66. The van der Waals surface area contributed by atoms with Crippen LogP contribution in [0.5, 0.6) is 5.75 Å². The van der Waals surface area contributed by atoms with Gasteiger partial charge in [0.2, 0.25) is 0 Å². The Hall–Kier alpha value is -3.24. The van der Waals surface area contributed by atoms with Crippen LogP contribution in [0.2, 0.25) is 0 Å². The molecular weight excluding hydrogens is 510 g/mol. The van der Waals surface area contributed by atoms with Gasteiger partial charge in [0, 0.05) is 49.2 Å². The van der Waals surface area contributed by atoms with Gasteiger partial charge in [-0.25, -0.2) is 0 Å². The van der Waals surface area contributed by atoms with Crippen molar-refractivity contribution in [3.63, 3.8) is 0 Å². The SMILES string of the molecule is CN1CCC(Oc2ccc(-c3n[nH]c4ccc(C(=O)NCC(c5ccsc5)N5CCOCC5)cc34)cc2)CC1. The van der Waals surface area contributed by atoms with Crippen LogP contribution in [-0.2, 0) is 4.74 Å². The van der Waals surface area contributed by atoms with E-state index in [1.807, 2.05) is 42.5 Å². The zero-order valence-corrected chi connectivity index (χ0v) is 23.1. The number of carbonyl (C=O) groups excluding carboxylic acids is 1. The van der Waals surface area contributed by atoms with Gasteiger partial charge < -0.3 is 19.7 Å². The van der Waals surface area contributed by atoms with Crippen LogP contribution >= 0.6 is 11.3 Å². The Bertz CT molecular complexity index is 1370. The summed E-state index contributed by atoms with van der Waals surface area (Å²) in [5.41, 5.74) is 4.57. The van der Waals surface area contributed by atoms with E-state index < -0.39 is 0 Å². The quantitative estimate of drug-likeness (QED) is 0.338. The van der Waals surface area contributed by atoms with Crippen LogP contribution in [-0.4, -0.2) is 85.0 Å². The van der Waals surface area contributed by atoms with Gasteiger partial charge in [0.05, 0.1) is 30.5 Å². The Kier molecular flexibility index (Phi) is 7.92. The van der Waals surface area contributed by atoms with Crippen molar-refractivity contribution < 1.29 is 14.3 Å². The number of rotatable bonds is 8. The summed E-state index contributed by atoms with van der Waals surface area (Å²) in [4.78, 5) is 18.0. The third-order valence-corrected chi connectivity index (χ3v) is 8.49. The fourth-order valence-electron chi connectivity index (χ4n) is 5.46. The smallest absolute Gasteiger partial charge is 0.251 e. The number of amides is 1. The van der Waals surface area contributed by atoms with Crippen molar-refractivity contribution in [3.8, 4) is 17.0 Å². The molecule has 2 aromatic heterocycles. The van der Waals surface area contributed by atoms with E-state index in [2.05, 4.69) is 49.2 Å². The van der Waals surface area contributed by atoms with Crippen LogP contribution < -0.4 is 10.1 Å². The van der Waals surface area contributed by atoms with Crippen molar-refractivity contribution in [2.75, 3.05) is 53.0 Å². The molecule has 204 valence electrons. The highest BCUT2D eigenvalue weighted by molar-refractivity contribution is 7.08. The molecule has 1 unspecified atom stereocenters. The molecule has 1 atom stereocenters. The van der Waals surface area contributed by atoms with Gasteiger partial charge in [-0.2, -0.15) is 16.4 Å². The molecule has 9 heteroatoms. The molecule has 6 rings (SSSR count). The number of thiophene rings is 1. The highest BCUT2D eigenvalue weighted by atomic mass is 32.1. The molecular formula is C30H35N5O3S. The number of nitrogens with one attached hydrogen (secondary N) is 2. The van der Waals surface area contributed by atoms with Crippen LogP contribution in [0.3, 0.4) is 0 Å². The van der Waals surface area contributed by atoms with Crippen molar-refractivity contribution in [2.24, 2.45) is 0 Å². The zero-order valence-electron chi connectivity index (χ0n) is 22.3. The summed E-state index contributed by atoms with van der Waals surface area (Å²) in [5.74, 6) is 0.799. The van der Waals surface area contributed by atoms with Gasteiger partial charge in [-0.1, -0.05) is 0 Å². The molecule has 4 aromatic rings. The Morgan fingerprint density at radius 1 is 1.13 bits per heavy atom. The number of hydrogen-bond acceptors (Lipinski definition) is 7. The molecule has 2 saturated heterocycles. The van der Waals surface area contributed by atoms with E-state index in [1.165, 1.54) is 5.56 Å². The van der Waals surface area contributed by atoms with E-state index in [1.54, 1.807) is 11.3 Å². The largest absolute Gasteiger partial charge is 0.490 e. The van der Waals surface area contributed by atoms with Crippen LogP contribution in [0, 0.1) is 0 Å². The number of benzene rings is 2. The van der Waals surface area contributed by atoms with Crippen LogP contribution in [0.25, 0.3) is 22.2 Å². The number of H-pyrrole nitrogens is 1. The lowest BCUT2D eigenvalue weighted by Crippen LogP contribution is -2.43. The summed E-state index contributed by atoms with van der Waals surface area (Å²) in [5, 5.41) is 16.0. The average molecular weight is 546 g/mol. The number of likely N-dealkylation sites (tertiary alicyclic amines) is 1. The first kappa shape index (κ1) is 26.0. The number of aromatic amines is 1. The van der Waals surface area contributed by atoms with E-state index in [4.69, 9.17) is 9.47 Å². The van der Waals surface area contributed by atoms with Crippen molar-refractivity contribution in [1.29, 1.82) is 0 Å². The number of carbonyl (C=O) groups is 1. The van der Waals surface area contributed by atoms with Crippen molar-refractivity contribution in [2.45, 2.75) is 25.0 Å². The van der Waals surface area contributed by atoms with Crippen molar-refractivity contribution >= 4 is 28.1 Å². The fraction of sp³-hybridized carbons (Fsp3) is 0.400. The molecule has 2 N–H and O–H groups in total. The highest BCUT2D eigenvalue weighted by Crippen LogP contribution is 2.30. The molecule has 39 heavy (non-hydrogen) atoms. The normalized spacial score (nSPS) is 18.3. The number of nitrogens with zero attached hydrogens (tertiary/aromatic N) is 3. The van der Waals surface area contributed by atoms with E-state index in [0.29, 0.717) is 12.1 Å². The first-order valence-corrected chi connectivity index (χ1v) is 14.6. The number of aromatic nitrogens is 2. The van der Waals surface area contributed by atoms with E-state index in [-0.39, 0.29) is 18.1 Å². The van der Waals surface area contributed by atoms with Crippen LogP contribution in [0.4, 0.5) is 0 Å². The molecule has 8 nitrogen and oxygen atoms in total. The minimum atomic E-state index is -0.0839. The molecule has 0 radical (unpaired) electrons. The second kappa shape index (κ2) is 11.9. The lowest BCUT2D eigenvalue weighted by molar-refractivity contribution is 0.0163. The number of morpholine rings is 1. The first-order valence-electron chi connectivity index (χ1n) is 13.7. The van der Waals surface area contributed by atoms with Crippen molar-refractivity contribution in [3.05, 3.63) is 70.4 Å². The summed E-state index contributed by atoms with van der Waals surface area (Å²) in [7, 11) is 2.15. The molecule has 0 saturated carbocycles. The Labute approximate surface area is 232 Å². The molecule has 0 aliphatic carbocycles. The maximum atomic E-state index is 13.3. The summed E-state index contributed by atoms with van der Waals surface area (Å²) in [6.45, 7) is 5.86. The van der Waals surface area contributed by atoms with Crippen LogP contribution in [0.1, 0.15) is 34.8 Å². The van der Waals surface area contributed by atoms with E-state index >= 15 is 0 Å². The fourth-order valence-corrected chi connectivity index (χ4v) is 6.17. The number of hydrogen-bond donors (Lipinski definition) is 2. The predicted octanol–water partition coefficient (Wildman–Crippen LogP) is 4.57. The summed E-state index contributed by atoms with van der Waals surface area (Å²) in [6.07, 6.45) is 2.36. The predicted molar refractivity (Wildman–Crippen MR) is 154 cm³/mol. The van der Waals surface area contributed by atoms with Gasteiger partial charge in [-0.3, -0.25) is 14.8 Å². The van der Waals surface area contributed by atoms with Gasteiger partial charge in [-0.05, 0) is 84.7 Å². The van der Waals surface area contributed by atoms with E-state index in [0.717, 1.165) is 80.1 Å². The van der Waals surface area contributed by atoms with Gasteiger partial charge in [0.15, 0.2) is 0 Å². The maximum absolute atomic E-state index is 13.3. The molecule has 2 aliphatic heterocycles. The highest BCUT2D eigenvalue weighted by Gasteiger charge is 2.24. The standard InChI is InChI=1S/C30H35N5O3S/c1-34-11-8-25(9-12-34)38-24-5-2-21(3-6-24)29-26-18-22(4-7-27(26)32-33-29)30(36)31-19-28(23-10-17-39-20-23)35-13-15-37-16-14-35/h2-7,10,17-18,20,25,28H,8-9,11-16,19H2,1H3,(H,31,36)(H,32,33). The first-order chi connectivity index (χ1) is 19.1. The minimum Gasteiger partial charge on any atom is -0.490 e. The summed E-state index contributed by atoms with van der Waals surface area (Å²) in [6, 6.07) is 16.1. The molecule has 1 amide bonds. The zero-order chi connectivity index (χ0) is 26.6. The molecule has 2 fully saturated rings. The van der Waals surface area contributed by atoms with Crippen LogP contribution in [0.15, 0.2) is 59.3 Å². The second-order valence-electron chi connectivity index (χ2n) is 10.4.